The lowest BCUT2D eigenvalue weighted by atomic mass is 10.1. The third-order valence-electron chi connectivity index (χ3n) is 3.73. The van der Waals surface area contributed by atoms with Crippen molar-refractivity contribution in [3.8, 4) is 0 Å². The Hall–Kier alpha value is -1.06. The zero-order chi connectivity index (χ0) is 16.4. The molecule has 8 heteroatoms. The monoisotopic (exact) mass is 333 g/mol. The summed E-state index contributed by atoms with van der Waals surface area (Å²) in [6, 6.07) is 6.04. The zero-order valence-corrected chi connectivity index (χ0v) is 13.5. The van der Waals surface area contributed by atoms with E-state index >= 15 is 0 Å². The molecule has 0 bridgehead atoms. The lowest BCUT2D eigenvalue weighted by molar-refractivity contribution is -0.180. The molecule has 2 rings (SSSR count). The molecule has 1 fully saturated rings. The summed E-state index contributed by atoms with van der Waals surface area (Å²) in [5.74, 6) is -1.45. The summed E-state index contributed by atoms with van der Waals surface area (Å²) in [5.41, 5.74) is 0.232. The average Bonchev–Trinajstić information content (AvgIpc) is 2.86. The van der Waals surface area contributed by atoms with Crippen molar-refractivity contribution in [1.29, 1.82) is 0 Å². The Morgan fingerprint density at radius 1 is 1.27 bits per heavy atom. The van der Waals surface area contributed by atoms with Gasteiger partial charge in [-0.05, 0) is 18.9 Å². The van der Waals surface area contributed by atoms with Gasteiger partial charge in [-0.15, -0.1) is 0 Å². The van der Waals surface area contributed by atoms with E-state index in [2.05, 4.69) is 8.91 Å². The SMILES string of the molecule is CCC1(CC)O[C@@H](NS(=O)(=O)OC)[C@@H](c2ccccc2F)O1. The van der Waals surface area contributed by atoms with Crippen molar-refractivity contribution in [3.05, 3.63) is 35.6 Å². The van der Waals surface area contributed by atoms with Crippen molar-refractivity contribution in [2.75, 3.05) is 7.11 Å². The van der Waals surface area contributed by atoms with Crippen LogP contribution in [0.25, 0.3) is 0 Å². The number of nitrogens with one attached hydrogen (secondary N) is 1. The quantitative estimate of drug-likeness (QED) is 0.864. The third-order valence-corrected chi connectivity index (χ3v) is 4.69. The van der Waals surface area contributed by atoms with Crippen LogP contribution in [0.5, 0.6) is 0 Å². The van der Waals surface area contributed by atoms with E-state index < -0.39 is 34.2 Å². The predicted octanol–water partition coefficient (Wildman–Crippen LogP) is 2.24. The summed E-state index contributed by atoms with van der Waals surface area (Å²) < 4.78 is 55.6. The molecule has 0 aliphatic carbocycles. The van der Waals surface area contributed by atoms with Gasteiger partial charge in [0.2, 0.25) is 0 Å². The van der Waals surface area contributed by atoms with Gasteiger partial charge in [0.1, 0.15) is 11.9 Å². The van der Waals surface area contributed by atoms with E-state index in [1.807, 2.05) is 13.8 Å². The highest BCUT2D eigenvalue weighted by Crippen LogP contribution is 2.42. The van der Waals surface area contributed by atoms with Gasteiger partial charge in [0.15, 0.2) is 12.0 Å². The van der Waals surface area contributed by atoms with Crippen LogP contribution in [0.3, 0.4) is 0 Å². The van der Waals surface area contributed by atoms with E-state index in [4.69, 9.17) is 9.47 Å². The minimum atomic E-state index is -4.00. The molecule has 1 aliphatic rings. The van der Waals surface area contributed by atoms with E-state index in [1.54, 1.807) is 18.2 Å². The first kappa shape index (κ1) is 17.3. The van der Waals surface area contributed by atoms with Crippen LogP contribution in [0.1, 0.15) is 38.4 Å². The summed E-state index contributed by atoms with van der Waals surface area (Å²) in [5, 5.41) is 0. The van der Waals surface area contributed by atoms with Gasteiger partial charge in [-0.25, -0.2) is 4.39 Å². The van der Waals surface area contributed by atoms with E-state index in [0.717, 1.165) is 7.11 Å². The van der Waals surface area contributed by atoms with Crippen molar-refractivity contribution in [3.63, 3.8) is 0 Å². The molecule has 1 aromatic rings. The highest BCUT2D eigenvalue weighted by molar-refractivity contribution is 7.84. The van der Waals surface area contributed by atoms with Crippen LogP contribution in [0.4, 0.5) is 4.39 Å². The van der Waals surface area contributed by atoms with Crippen LogP contribution >= 0.6 is 0 Å². The van der Waals surface area contributed by atoms with Crippen LogP contribution in [0.15, 0.2) is 24.3 Å². The van der Waals surface area contributed by atoms with Crippen molar-refractivity contribution >= 4 is 10.3 Å². The van der Waals surface area contributed by atoms with Gasteiger partial charge in [-0.3, -0.25) is 4.18 Å². The molecule has 1 saturated heterocycles. The number of hydrogen-bond acceptors (Lipinski definition) is 5. The summed E-state index contributed by atoms with van der Waals surface area (Å²) in [7, 11) is -2.97. The van der Waals surface area contributed by atoms with Gasteiger partial charge in [-0.2, -0.15) is 13.1 Å². The van der Waals surface area contributed by atoms with E-state index in [-0.39, 0.29) is 5.56 Å². The highest BCUT2D eigenvalue weighted by Gasteiger charge is 2.48. The first-order valence-corrected chi connectivity index (χ1v) is 8.45. The normalized spacial score (nSPS) is 24.5. The van der Waals surface area contributed by atoms with E-state index in [9.17, 15) is 12.8 Å². The Bertz CT molecular complexity index is 617. The van der Waals surface area contributed by atoms with Crippen LogP contribution in [0, 0.1) is 5.82 Å². The number of hydrogen-bond donors (Lipinski definition) is 1. The fourth-order valence-electron chi connectivity index (χ4n) is 2.41. The molecule has 6 nitrogen and oxygen atoms in total. The first-order valence-electron chi connectivity index (χ1n) is 7.04. The maximum Gasteiger partial charge on any atom is 0.337 e. The fourth-order valence-corrected chi connectivity index (χ4v) is 2.96. The molecule has 124 valence electrons. The second kappa shape index (κ2) is 6.59. The third kappa shape index (κ3) is 3.47. The molecular formula is C14H20FNO5S. The van der Waals surface area contributed by atoms with Crippen LogP contribution in [-0.4, -0.2) is 27.5 Å². The van der Waals surface area contributed by atoms with Gasteiger partial charge >= 0.3 is 10.3 Å². The van der Waals surface area contributed by atoms with Crippen LogP contribution in [0.2, 0.25) is 0 Å². The molecule has 1 heterocycles. The molecule has 2 atom stereocenters. The minimum absolute atomic E-state index is 0.232. The predicted molar refractivity (Wildman–Crippen MR) is 77.5 cm³/mol. The largest absolute Gasteiger partial charge is 0.338 e. The molecule has 0 amide bonds. The van der Waals surface area contributed by atoms with Gasteiger partial charge in [0.05, 0.1) is 7.11 Å². The van der Waals surface area contributed by atoms with Gasteiger partial charge < -0.3 is 9.47 Å². The standard InChI is InChI=1S/C14H20FNO5S/c1-4-14(5-2)20-12(10-8-6-7-9-11(10)15)13(21-14)16-22(17,18)19-3/h6-9,12-13,16H,4-5H2,1-3H3/t12-,13-/m1/s1. The molecular weight excluding hydrogens is 313 g/mol. The zero-order valence-electron chi connectivity index (χ0n) is 12.7. The van der Waals surface area contributed by atoms with Crippen molar-refractivity contribution < 1.29 is 26.5 Å². The van der Waals surface area contributed by atoms with Crippen molar-refractivity contribution in [2.45, 2.75) is 44.8 Å². The lowest BCUT2D eigenvalue weighted by Crippen LogP contribution is -2.40. The van der Waals surface area contributed by atoms with Crippen molar-refractivity contribution in [2.24, 2.45) is 0 Å². The minimum Gasteiger partial charge on any atom is -0.338 e. The molecule has 0 radical (unpaired) electrons. The Morgan fingerprint density at radius 3 is 2.45 bits per heavy atom. The average molecular weight is 333 g/mol. The second-order valence-electron chi connectivity index (χ2n) is 4.95. The Labute approximate surface area is 129 Å². The second-order valence-corrected chi connectivity index (χ2v) is 6.43. The van der Waals surface area contributed by atoms with Gasteiger partial charge in [-0.1, -0.05) is 32.0 Å². The molecule has 1 aliphatic heterocycles. The van der Waals surface area contributed by atoms with Gasteiger partial charge in [0, 0.05) is 5.56 Å². The molecule has 0 saturated carbocycles. The number of benzene rings is 1. The molecule has 0 aromatic heterocycles. The van der Waals surface area contributed by atoms with E-state index in [0.29, 0.717) is 12.8 Å². The van der Waals surface area contributed by atoms with Crippen molar-refractivity contribution in [1.82, 2.24) is 4.72 Å². The highest BCUT2D eigenvalue weighted by atomic mass is 32.2. The molecule has 1 aromatic carbocycles. The summed E-state index contributed by atoms with van der Waals surface area (Å²) in [6.07, 6.45) is -0.966. The smallest absolute Gasteiger partial charge is 0.337 e. The number of rotatable bonds is 6. The summed E-state index contributed by atoms with van der Waals surface area (Å²) in [4.78, 5) is 0. The summed E-state index contributed by atoms with van der Waals surface area (Å²) >= 11 is 0. The number of ether oxygens (including phenoxy) is 2. The lowest BCUT2D eigenvalue weighted by Gasteiger charge is -2.24. The van der Waals surface area contributed by atoms with Crippen LogP contribution in [-0.2, 0) is 24.0 Å². The molecule has 0 spiro atoms. The Kier molecular flexibility index (Phi) is 5.18. The Balaban J connectivity index is 2.37. The van der Waals surface area contributed by atoms with E-state index in [1.165, 1.54) is 6.07 Å². The first-order chi connectivity index (χ1) is 10.4. The Morgan fingerprint density at radius 2 is 1.91 bits per heavy atom. The topological polar surface area (TPSA) is 73.9 Å². The summed E-state index contributed by atoms with van der Waals surface area (Å²) in [6.45, 7) is 3.71. The molecule has 0 unspecified atom stereocenters. The molecule has 22 heavy (non-hydrogen) atoms. The number of halogens is 1. The van der Waals surface area contributed by atoms with Gasteiger partial charge in [0.25, 0.3) is 0 Å². The maximum absolute atomic E-state index is 14.0. The maximum atomic E-state index is 14.0. The molecule has 1 N–H and O–H groups in total. The van der Waals surface area contributed by atoms with Crippen LogP contribution < -0.4 is 4.72 Å². The fraction of sp³-hybridized carbons (Fsp3) is 0.571.